The molecule has 1 aliphatic carbocycles. The fourth-order valence-electron chi connectivity index (χ4n) is 3.53. The SMILES string of the molecule is Cl.Cl.N[C@@H](Cc1cn(Cc2ccccc2)cn1)C(=O)NCC(=O)NC1CCCCC1. The standard InChI is InChI=1S/C21H29N5O2.2ClH/c22-19(21(28)23-12-20(27)25-17-9-5-2-6-10-17)11-18-14-26(15-24-18)13-16-7-3-1-4-8-16;;/h1,3-4,7-8,14-15,17,19H,2,5-6,9-13,22H2,(H,23,28)(H,25,27);2*1H/t19-;;/m0../s1. The van der Waals surface area contributed by atoms with E-state index in [1.165, 1.54) is 12.0 Å². The number of carbonyl (C=O) groups excluding carboxylic acids is 2. The minimum atomic E-state index is -0.734. The molecule has 0 radical (unpaired) electrons. The predicted octanol–water partition coefficient (Wildman–Crippen LogP) is 2.21. The van der Waals surface area contributed by atoms with E-state index >= 15 is 0 Å². The first kappa shape index (κ1) is 25.9. The number of hydrogen-bond acceptors (Lipinski definition) is 4. The zero-order chi connectivity index (χ0) is 19.8. The van der Waals surface area contributed by atoms with Crippen LogP contribution in [0.2, 0.25) is 0 Å². The monoisotopic (exact) mass is 455 g/mol. The van der Waals surface area contributed by atoms with Crippen LogP contribution in [0.4, 0.5) is 0 Å². The molecule has 166 valence electrons. The molecule has 0 saturated heterocycles. The van der Waals surface area contributed by atoms with Crippen LogP contribution in [0.15, 0.2) is 42.9 Å². The van der Waals surface area contributed by atoms with Crippen molar-refractivity contribution in [3.8, 4) is 0 Å². The summed E-state index contributed by atoms with van der Waals surface area (Å²) in [5.41, 5.74) is 7.92. The summed E-state index contributed by atoms with van der Waals surface area (Å²) in [6.07, 6.45) is 9.55. The predicted molar refractivity (Wildman–Crippen MR) is 122 cm³/mol. The van der Waals surface area contributed by atoms with Crippen LogP contribution in [0.1, 0.15) is 43.4 Å². The molecule has 1 atom stereocenters. The first-order valence-electron chi connectivity index (χ1n) is 9.97. The Kier molecular flexibility index (Phi) is 11.5. The summed E-state index contributed by atoms with van der Waals surface area (Å²) in [6.45, 7) is 0.683. The van der Waals surface area contributed by atoms with Gasteiger partial charge in [-0.05, 0) is 18.4 Å². The van der Waals surface area contributed by atoms with E-state index in [9.17, 15) is 9.59 Å². The second-order valence-corrected chi connectivity index (χ2v) is 7.45. The van der Waals surface area contributed by atoms with Gasteiger partial charge in [0.05, 0.1) is 24.6 Å². The molecule has 1 aliphatic rings. The van der Waals surface area contributed by atoms with Crippen molar-refractivity contribution in [2.24, 2.45) is 5.73 Å². The number of hydrogen-bond donors (Lipinski definition) is 3. The lowest BCUT2D eigenvalue weighted by Crippen LogP contribution is -2.47. The van der Waals surface area contributed by atoms with Gasteiger partial charge in [-0.25, -0.2) is 4.98 Å². The number of benzene rings is 1. The first-order valence-corrected chi connectivity index (χ1v) is 9.97. The maximum atomic E-state index is 12.2. The smallest absolute Gasteiger partial charge is 0.239 e. The minimum absolute atomic E-state index is 0. The van der Waals surface area contributed by atoms with Crippen molar-refractivity contribution in [3.05, 3.63) is 54.1 Å². The average molecular weight is 456 g/mol. The third kappa shape index (κ3) is 8.34. The number of halogens is 2. The van der Waals surface area contributed by atoms with Crippen LogP contribution in [-0.2, 0) is 22.6 Å². The molecule has 0 aliphatic heterocycles. The quantitative estimate of drug-likeness (QED) is 0.567. The van der Waals surface area contributed by atoms with Gasteiger partial charge >= 0.3 is 0 Å². The minimum Gasteiger partial charge on any atom is -0.352 e. The number of amides is 2. The second-order valence-electron chi connectivity index (χ2n) is 7.45. The Bertz CT molecular complexity index is 779. The van der Waals surface area contributed by atoms with Crippen molar-refractivity contribution in [2.45, 2.75) is 57.2 Å². The molecule has 9 heteroatoms. The summed E-state index contributed by atoms with van der Waals surface area (Å²) in [4.78, 5) is 28.5. The molecule has 0 spiro atoms. The number of aromatic nitrogens is 2. The molecule has 30 heavy (non-hydrogen) atoms. The zero-order valence-corrected chi connectivity index (χ0v) is 18.6. The highest BCUT2D eigenvalue weighted by atomic mass is 35.5. The van der Waals surface area contributed by atoms with E-state index in [2.05, 4.69) is 27.8 Å². The lowest BCUT2D eigenvalue weighted by molar-refractivity contribution is -0.127. The summed E-state index contributed by atoms with van der Waals surface area (Å²) >= 11 is 0. The molecule has 0 bridgehead atoms. The summed E-state index contributed by atoms with van der Waals surface area (Å²) < 4.78 is 1.97. The Morgan fingerprint density at radius 1 is 1.13 bits per heavy atom. The molecule has 3 rings (SSSR count). The number of rotatable bonds is 8. The van der Waals surface area contributed by atoms with Gasteiger partial charge in [0.15, 0.2) is 0 Å². The third-order valence-electron chi connectivity index (χ3n) is 5.05. The van der Waals surface area contributed by atoms with Crippen LogP contribution in [0.5, 0.6) is 0 Å². The average Bonchev–Trinajstić information content (AvgIpc) is 3.14. The highest BCUT2D eigenvalue weighted by Crippen LogP contribution is 2.17. The number of imidazole rings is 1. The van der Waals surface area contributed by atoms with Gasteiger partial charge in [-0.3, -0.25) is 9.59 Å². The van der Waals surface area contributed by atoms with Crippen LogP contribution in [0, 0.1) is 0 Å². The molecule has 0 unspecified atom stereocenters. The highest BCUT2D eigenvalue weighted by Gasteiger charge is 2.19. The Morgan fingerprint density at radius 2 is 1.83 bits per heavy atom. The maximum Gasteiger partial charge on any atom is 0.239 e. The van der Waals surface area contributed by atoms with Crippen LogP contribution >= 0.6 is 24.8 Å². The molecule has 2 amide bonds. The molecule has 1 aromatic carbocycles. The fourth-order valence-corrected chi connectivity index (χ4v) is 3.53. The number of nitrogens with zero attached hydrogens (tertiary/aromatic N) is 2. The molecule has 1 heterocycles. The second kappa shape index (κ2) is 13.3. The molecule has 4 N–H and O–H groups in total. The van der Waals surface area contributed by atoms with Crippen molar-refractivity contribution in [3.63, 3.8) is 0 Å². The Morgan fingerprint density at radius 3 is 2.53 bits per heavy atom. The molecule has 1 aromatic heterocycles. The van der Waals surface area contributed by atoms with Crippen molar-refractivity contribution in [1.29, 1.82) is 0 Å². The van der Waals surface area contributed by atoms with Gasteiger partial charge in [-0.15, -0.1) is 24.8 Å². The van der Waals surface area contributed by atoms with Crippen LogP contribution < -0.4 is 16.4 Å². The van der Waals surface area contributed by atoms with Crippen LogP contribution in [0.25, 0.3) is 0 Å². The van der Waals surface area contributed by atoms with Gasteiger partial charge in [-0.2, -0.15) is 0 Å². The maximum absolute atomic E-state index is 12.2. The Labute approximate surface area is 190 Å². The molecular weight excluding hydrogens is 425 g/mol. The molecular formula is C21H31Cl2N5O2. The van der Waals surface area contributed by atoms with E-state index in [0.717, 1.165) is 37.9 Å². The molecule has 1 saturated carbocycles. The van der Waals surface area contributed by atoms with Gasteiger partial charge in [0.25, 0.3) is 0 Å². The number of nitrogens with one attached hydrogen (secondary N) is 2. The van der Waals surface area contributed by atoms with Gasteiger partial charge < -0.3 is 20.9 Å². The van der Waals surface area contributed by atoms with Crippen LogP contribution in [-0.4, -0.2) is 40.0 Å². The van der Waals surface area contributed by atoms with E-state index in [0.29, 0.717) is 6.42 Å². The van der Waals surface area contributed by atoms with Gasteiger partial charge in [0, 0.05) is 25.2 Å². The topological polar surface area (TPSA) is 102 Å². The molecule has 1 fully saturated rings. The van der Waals surface area contributed by atoms with Gasteiger partial charge in [0.1, 0.15) is 0 Å². The van der Waals surface area contributed by atoms with E-state index in [1.54, 1.807) is 6.33 Å². The number of carbonyl (C=O) groups is 2. The summed E-state index contributed by atoms with van der Waals surface area (Å²) in [5, 5.41) is 5.61. The molecule has 7 nitrogen and oxygen atoms in total. The van der Waals surface area contributed by atoms with Crippen molar-refractivity contribution in [1.82, 2.24) is 20.2 Å². The van der Waals surface area contributed by atoms with Crippen molar-refractivity contribution < 1.29 is 9.59 Å². The zero-order valence-electron chi connectivity index (χ0n) is 17.0. The Balaban J connectivity index is 0.00000225. The lowest BCUT2D eigenvalue weighted by Gasteiger charge is -2.22. The third-order valence-corrected chi connectivity index (χ3v) is 5.05. The summed E-state index contributed by atoms with van der Waals surface area (Å²) in [5.74, 6) is -0.490. The van der Waals surface area contributed by atoms with Crippen LogP contribution in [0.3, 0.4) is 0 Å². The van der Waals surface area contributed by atoms with Crippen molar-refractivity contribution in [2.75, 3.05) is 6.54 Å². The van der Waals surface area contributed by atoms with E-state index in [4.69, 9.17) is 5.73 Å². The largest absolute Gasteiger partial charge is 0.352 e. The van der Waals surface area contributed by atoms with Crippen molar-refractivity contribution >= 4 is 36.6 Å². The van der Waals surface area contributed by atoms with Gasteiger partial charge in [0.2, 0.25) is 11.8 Å². The van der Waals surface area contributed by atoms with E-state index in [-0.39, 0.29) is 49.2 Å². The normalized spacial score (nSPS) is 14.7. The summed E-state index contributed by atoms with van der Waals surface area (Å²) in [6, 6.07) is 9.59. The fraction of sp³-hybridized carbons (Fsp3) is 0.476. The summed E-state index contributed by atoms with van der Waals surface area (Å²) in [7, 11) is 0. The van der Waals surface area contributed by atoms with E-state index in [1.807, 2.05) is 29.0 Å². The van der Waals surface area contributed by atoms with Gasteiger partial charge in [-0.1, -0.05) is 49.6 Å². The first-order chi connectivity index (χ1) is 13.6. The Hall–Kier alpha value is -2.09. The molecule has 2 aromatic rings. The number of nitrogens with two attached hydrogens (primary N) is 1. The highest BCUT2D eigenvalue weighted by molar-refractivity contribution is 5.87. The van der Waals surface area contributed by atoms with E-state index < -0.39 is 6.04 Å². The lowest BCUT2D eigenvalue weighted by atomic mass is 9.95.